The normalized spacial score (nSPS) is 10.2. The van der Waals surface area contributed by atoms with E-state index in [0.29, 0.717) is 12.2 Å². The molecule has 0 bridgehead atoms. The molecule has 0 spiro atoms. The molecule has 7 heteroatoms. The highest BCUT2D eigenvalue weighted by Crippen LogP contribution is 2.11. The summed E-state index contributed by atoms with van der Waals surface area (Å²) in [6, 6.07) is 5.58. The van der Waals surface area contributed by atoms with Crippen molar-refractivity contribution in [2.45, 2.75) is 6.42 Å². The van der Waals surface area contributed by atoms with E-state index in [0.717, 1.165) is 10.9 Å². The summed E-state index contributed by atoms with van der Waals surface area (Å²) in [4.78, 5) is 27.0. The Labute approximate surface area is 128 Å². The molecule has 2 N–H and O–H groups in total. The second-order valence-electron chi connectivity index (χ2n) is 3.99. The topological polar surface area (TPSA) is 71.2 Å². The van der Waals surface area contributed by atoms with Gasteiger partial charge < -0.3 is 15.0 Å². The van der Waals surface area contributed by atoms with Crippen molar-refractivity contribution in [1.82, 2.24) is 10.3 Å². The van der Waals surface area contributed by atoms with Gasteiger partial charge in [-0.1, -0.05) is 6.07 Å². The molecule has 0 aliphatic heterocycles. The van der Waals surface area contributed by atoms with E-state index < -0.39 is 5.97 Å². The first-order valence-electron chi connectivity index (χ1n) is 5.95. The van der Waals surface area contributed by atoms with Gasteiger partial charge in [0.1, 0.15) is 5.69 Å². The number of hydrogen-bond donors (Lipinski definition) is 2. The minimum absolute atomic E-state index is 0.278. The van der Waals surface area contributed by atoms with Crippen molar-refractivity contribution in [2.24, 2.45) is 0 Å². The Bertz CT molecular complexity index is 580. The smallest absolute Gasteiger partial charge is 0.355 e. The Morgan fingerprint density at radius 2 is 2.30 bits per heavy atom. The van der Waals surface area contributed by atoms with Crippen molar-refractivity contribution >= 4 is 39.1 Å². The third kappa shape index (κ3) is 4.50. The van der Waals surface area contributed by atoms with Crippen LogP contribution in [0.3, 0.4) is 0 Å². The molecule has 2 heterocycles. The number of nitrogens with one attached hydrogen (secondary N) is 2. The standard InChI is InChI=1S/C13H13BrN2O3S/c14-9-6-11(16-7-9)13(18)19-8-12(17)15-4-3-10-2-1-5-20-10/h1-2,5-7,16H,3-4,8H2,(H,15,17). The van der Waals surface area contributed by atoms with Gasteiger partial charge in [0.25, 0.3) is 5.91 Å². The van der Waals surface area contributed by atoms with Crippen LogP contribution in [-0.4, -0.2) is 30.0 Å². The molecular formula is C13H13BrN2O3S. The molecule has 0 saturated heterocycles. The van der Waals surface area contributed by atoms with Crippen molar-refractivity contribution in [1.29, 1.82) is 0 Å². The first-order chi connectivity index (χ1) is 9.65. The van der Waals surface area contributed by atoms with Crippen LogP contribution in [0.25, 0.3) is 0 Å². The first kappa shape index (κ1) is 14.8. The average molecular weight is 357 g/mol. The molecule has 0 radical (unpaired) electrons. The Morgan fingerprint density at radius 3 is 2.95 bits per heavy atom. The van der Waals surface area contributed by atoms with Crippen molar-refractivity contribution < 1.29 is 14.3 Å². The molecule has 0 fully saturated rings. The van der Waals surface area contributed by atoms with Gasteiger partial charge in [-0.25, -0.2) is 4.79 Å². The van der Waals surface area contributed by atoms with Crippen molar-refractivity contribution in [2.75, 3.05) is 13.2 Å². The van der Waals surface area contributed by atoms with E-state index in [4.69, 9.17) is 4.74 Å². The molecule has 0 aliphatic carbocycles. The molecule has 0 saturated carbocycles. The molecule has 0 aromatic carbocycles. The lowest BCUT2D eigenvalue weighted by atomic mass is 10.3. The summed E-state index contributed by atoms with van der Waals surface area (Å²) in [6.45, 7) is 0.255. The lowest BCUT2D eigenvalue weighted by molar-refractivity contribution is -0.124. The Kier molecular flexibility index (Phi) is 5.37. The largest absolute Gasteiger partial charge is 0.451 e. The van der Waals surface area contributed by atoms with Crippen LogP contribution in [0, 0.1) is 0 Å². The van der Waals surface area contributed by atoms with Crippen molar-refractivity contribution in [3.63, 3.8) is 0 Å². The van der Waals surface area contributed by atoms with Crippen LogP contribution in [0.2, 0.25) is 0 Å². The molecule has 20 heavy (non-hydrogen) atoms. The molecule has 0 unspecified atom stereocenters. The molecule has 5 nitrogen and oxygen atoms in total. The number of aromatic nitrogens is 1. The number of halogens is 1. The Morgan fingerprint density at radius 1 is 1.45 bits per heavy atom. The number of amides is 1. The summed E-state index contributed by atoms with van der Waals surface area (Å²) in [7, 11) is 0. The van der Waals surface area contributed by atoms with Crippen LogP contribution in [0.4, 0.5) is 0 Å². The maximum atomic E-state index is 11.6. The minimum Gasteiger partial charge on any atom is -0.451 e. The van der Waals surface area contributed by atoms with Crippen LogP contribution in [0.1, 0.15) is 15.4 Å². The molecule has 1 amide bonds. The number of aromatic amines is 1. The van der Waals surface area contributed by atoms with Crippen LogP contribution in [0.15, 0.2) is 34.2 Å². The van der Waals surface area contributed by atoms with E-state index in [2.05, 4.69) is 26.2 Å². The van der Waals surface area contributed by atoms with E-state index in [9.17, 15) is 9.59 Å². The van der Waals surface area contributed by atoms with Crippen LogP contribution in [-0.2, 0) is 16.0 Å². The second-order valence-corrected chi connectivity index (χ2v) is 5.93. The highest BCUT2D eigenvalue weighted by atomic mass is 79.9. The fourth-order valence-electron chi connectivity index (χ4n) is 1.53. The summed E-state index contributed by atoms with van der Waals surface area (Å²) < 4.78 is 5.64. The molecule has 0 atom stereocenters. The van der Waals surface area contributed by atoms with Gasteiger partial charge in [0.15, 0.2) is 6.61 Å². The van der Waals surface area contributed by atoms with Gasteiger partial charge in [0, 0.05) is 22.1 Å². The van der Waals surface area contributed by atoms with E-state index in [1.165, 1.54) is 4.88 Å². The first-order valence-corrected chi connectivity index (χ1v) is 7.62. The summed E-state index contributed by atoms with van der Waals surface area (Å²) in [5.41, 5.74) is 0.309. The van der Waals surface area contributed by atoms with E-state index in [1.54, 1.807) is 23.6 Å². The summed E-state index contributed by atoms with van der Waals surface area (Å²) in [6.07, 6.45) is 2.40. The maximum absolute atomic E-state index is 11.6. The number of esters is 1. The zero-order valence-corrected chi connectivity index (χ0v) is 12.9. The van der Waals surface area contributed by atoms with Gasteiger partial charge in [-0.2, -0.15) is 0 Å². The fourth-order valence-corrected chi connectivity index (χ4v) is 2.58. The van der Waals surface area contributed by atoms with Gasteiger partial charge in [0.2, 0.25) is 0 Å². The lowest BCUT2D eigenvalue weighted by Gasteiger charge is -2.05. The van der Waals surface area contributed by atoms with E-state index in [1.807, 2.05) is 17.5 Å². The number of carbonyl (C=O) groups excluding carboxylic acids is 2. The SMILES string of the molecule is O=C(COC(=O)c1cc(Br)c[nH]1)NCCc1cccs1. The van der Waals surface area contributed by atoms with Gasteiger partial charge in [-0.15, -0.1) is 11.3 Å². The number of ether oxygens (including phenoxy) is 1. The number of hydrogen-bond acceptors (Lipinski definition) is 4. The minimum atomic E-state index is -0.552. The van der Waals surface area contributed by atoms with Gasteiger partial charge in [-0.05, 0) is 39.9 Å². The van der Waals surface area contributed by atoms with Gasteiger partial charge in [0.05, 0.1) is 0 Å². The summed E-state index contributed by atoms with van der Waals surface area (Å²) in [5.74, 6) is -0.857. The zero-order chi connectivity index (χ0) is 14.4. The van der Waals surface area contributed by atoms with E-state index in [-0.39, 0.29) is 12.5 Å². The van der Waals surface area contributed by atoms with Crippen molar-refractivity contribution in [3.05, 3.63) is 44.8 Å². The molecule has 0 aliphatic rings. The van der Waals surface area contributed by atoms with Crippen LogP contribution < -0.4 is 5.32 Å². The monoisotopic (exact) mass is 356 g/mol. The number of carbonyl (C=O) groups is 2. The van der Waals surface area contributed by atoms with Gasteiger partial charge in [-0.3, -0.25) is 4.79 Å². The number of rotatable bonds is 6. The molecule has 2 rings (SSSR count). The van der Waals surface area contributed by atoms with Crippen LogP contribution in [0.5, 0.6) is 0 Å². The van der Waals surface area contributed by atoms with Crippen molar-refractivity contribution in [3.8, 4) is 0 Å². The maximum Gasteiger partial charge on any atom is 0.355 e. The molecule has 2 aromatic heterocycles. The quantitative estimate of drug-likeness (QED) is 0.780. The fraction of sp³-hybridized carbons (Fsp3) is 0.231. The summed E-state index contributed by atoms with van der Waals surface area (Å²) in [5, 5.41) is 4.70. The average Bonchev–Trinajstić information content (AvgIpc) is 3.07. The number of thiophene rings is 1. The molecular weight excluding hydrogens is 344 g/mol. The predicted molar refractivity (Wildman–Crippen MR) is 79.8 cm³/mol. The third-order valence-corrected chi connectivity index (χ3v) is 3.87. The Hall–Kier alpha value is -1.60. The second kappa shape index (κ2) is 7.25. The predicted octanol–water partition coefficient (Wildman–Crippen LogP) is 2.35. The number of H-pyrrole nitrogens is 1. The summed E-state index contributed by atoms with van der Waals surface area (Å²) >= 11 is 4.86. The van der Waals surface area contributed by atoms with Crippen LogP contribution >= 0.6 is 27.3 Å². The third-order valence-electron chi connectivity index (χ3n) is 2.48. The van der Waals surface area contributed by atoms with E-state index >= 15 is 0 Å². The highest BCUT2D eigenvalue weighted by molar-refractivity contribution is 9.10. The highest BCUT2D eigenvalue weighted by Gasteiger charge is 2.11. The zero-order valence-electron chi connectivity index (χ0n) is 10.5. The van der Waals surface area contributed by atoms with Gasteiger partial charge >= 0.3 is 5.97 Å². The molecule has 106 valence electrons. The lowest BCUT2D eigenvalue weighted by Crippen LogP contribution is -2.30. The molecule has 2 aromatic rings. The Balaban J connectivity index is 1.66.